The molecule has 0 spiro atoms. The molecule has 1 fully saturated rings. The van der Waals surface area contributed by atoms with Crippen LogP contribution in [-0.2, 0) is 25.7 Å². The van der Waals surface area contributed by atoms with Gasteiger partial charge in [0, 0.05) is 18.1 Å². The molecule has 38 heavy (non-hydrogen) atoms. The van der Waals surface area contributed by atoms with Gasteiger partial charge in [-0.05, 0) is 49.3 Å². The van der Waals surface area contributed by atoms with Gasteiger partial charge in [0.05, 0.1) is 6.04 Å². The summed E-state index contributed by atoms with van der Waals surface area (Å²) in [6, 6.07) is 3.92. The predicted molar refractivity (Wildman–Crippen MR) is 141 cm³/mol. The highest BCUT2D eigenvalue weighted by atomic mass is 35.5. The number of carbonyl (C=O) groups excluding carboxylic acids is 4. The first-order chi connectivity index (χ1) is 18.0. The molecule has 1 aliphatic heterocycles. The van der Waals surface area contributed by atoms with Gasteiger partial charge < -0.3 is 31.7 Å². The van der Waals surface area contributed by atoms with E-state index in [1.165, 1.54) is 4.90 Å². The fourth-order valence-corrected chi connectivity index (χ4v) is 4.20. The number of nitrogens with two attached hydrogens (primary N) is 2. The summed E-state index contributed by atoms with van der Waals surface area (Å²) in [7, 11) is 0. The number of nitrogens with zero attached hydrogens (tertiary/aromatic N) is 2. The number of aliphatic imine (C=N–C) groups is 1. The second kappa shape index (κ2) is 15.1. The molecule has 1 aromatic rings. The van der Waals surface area contributed by atoms with Crippen molar-refractivity contribution in [3.8, 4) is 0 Å². The summed E-state index contributed by atoms with van der Waals surface area (Å²) >= 11 is 5.86. The molecule has 3 amide bonds. The first kappa shape index (κ1) is 30.8. The molecule has 1 aliphatic rings. The molecular formula is C25H36ClFN6O5. The third kappa shape index (κ3) is 9.47. The largest absolute Gasteiger partial charge is 0.445 e. The fourth-order valence-electron chi connectivity index (χ4n) is 4.07. The lowest BCUT2D eigenvalue weighted by atomic mass is 10.0. The SMILES string of the molecule is CC(C)[C@H](NC(=O)OCc1ccc(Cl)cc1)C(=O)N1CCC[C@H]1C(=O)N[C@@H](CCCN=C(N)N)C(=O)CF. The van der Waals surface area contributed by atoms with Gasteiger partial charge in [-0.25, -0.2) is 9.18 Å². The number of hydrogen-bond acceptors (Lipinski definition) is 6. The first-order valence-corrected chi connectivity index (χ1v) is 12.8. The van der Waals surface area contributed by atoms with E-state index in [1.54, 1.807) is 38.1 Å². The molecule has 1 heterocycles. The molecule has 0 aromatic heterocycles. The second-order valence-corrected chi connectivity index (χ2v) is 9.80. The van der Waals surface area contributed by atoms with Crippen molar-refractivity contribution in [3.05, 3.63) is 34.9 Å². The van der Waals surface area contributed by atoms with Gasteiger partial charge in [-0.15, -0.1) is 0 Å². The normalized spacial score (nSPS) is 16.4. The highest BCUT2D eigenvalue weighted by molar-refractivity contribution is 6.30. The van der Waals surface area contributed by atoms with E-state index in [9.17, 15) is 23.6 Å². The van der Waals surface area contributed by atoms with Gasteiger partial charge in [0.15, 0.2) is 11.7 Å². The van der Waals surface area contributed by atoms with Gasteiger partial charge in [-0.1, -0.05) is 37.6 Å². The Balaban J connectivity index is 2.01. The van der Waals surface area contributed by atoms with Gasteiger partial charge in [0.2, 0.25) is 11.8 Å². The number of halogens is 2. The van der Waals surface area contributed by atoms with Crippen LogP contribution < -0.4 is 22.1 Å². The maximum Gasteiger partial charge on any atom is 0.408 e. The molecule has 0 bridgehead atoms. The molecule has 13 heteroatoms. The van der Waals surface area contributed by atoms with Crippen LogP contribution in [0.15, 0.2) is 29.3 Å². The lowest BCUT2D eigenvalue weighted by Crippen LogP contribution is -2.56. The summed E-state index contributed by atoms with van der Waals surface area (Å²) in [6.45, 7) is 2.80. The van der Waals surface area contributed by atoms with Crippen molar-refractivity contribution in [2.75, 3.05) is 19.8 Å². The number of ketones is 1. The molecular weight excluding hydrogens is 519 g/mol. The van der Waals surface area contributed by atoms with E-state index in [1.807, 2.05) is 0 Å². The number of hydrogen-bond donors (Lipinski definition) is 4. The summed E-state index contributed by atoms with van der Waals surface area (Å²) in [4.78, 5) is 56.2. The van der Waals surface area contributed by atoms with Crippen LogP contribution in [0.3, 0.4) is 0 Å². The van der Waals surface area contributed by atoms with Crippen LogP contribution in [0, 0.1) is 5.92 Å². The average Bonchev–Trinajstić information content (AvgIpc) is 3.37. The van der Waals surface area contributed by atoms with Gasteiger partial charge >= 0.3 is 6.09 Å². The maximum absolute atomic E-state index is 13.4. The molecule has 0 unspecified atom stereocenters. The molecule has 0 aliphatic carbocycles. The van der Waals surface area contributed by atoms with Crippen LogP contribution in [0.4, 0.5) is 9.18 Å². The Bertz CT molecular complexity index is 1000. The van der Waals surface area contributed by atoms with E-state index in [-0.39, 0.29) is 31.4 Å². The average molecular weight is 555 g/mol. The summed E-state index contributed by atoms with van der Waals surface area (Å²) < 4.78 is 18.4. The molecule has 11 nitrogen and oxygen atoms in total. The fraction of sp³-hybridized carbons (Fsp3) is 0.560. The number of alkyl halides is 1. The molecule has 1 aromatic carbocycles. The minimum absolute atomic E-state index is 0.00999. The predicted octanol–water partition coefficient (Wildman–Crippen LogP) is 1.66. The number of amides is 3. The molecule has 2 rings (SSSR count). The Hall–Kier alpha value is -3.41. The van der Waals surface area contributed by atoms with Gasteiger partial charge in [-0.2, -0.15) is 0 Å². The number of benzene rings is 1. The van der Waals surface area contributed by atoms with Gasteiger partial charge in [-0.3, -0.25) is 19.4 Å². The molecule has 3 atom stereocenters. The smallest absolute Gasteiger partial charge is 0.408 e. The van der Waals surface area contributed by atoms with E-state index < -0.39 is 48.5 Å². The summed E-state index contributed by atoms with van der Waals surface area (Å²) in [5, 5.41) is 5.73. The number of guanidine groups is 1. The quantitative estimate of drug-likeness (QED) is 0.163. The van der Waals surface area contributed by atoms with E-state index in [0.29, 0.717) is 30.8 Å². The van der Waals surface area contributed by atoms with E-state index in [0.717, 1.165) is 5.56 Å². The molecule has 1 saturated heterocycles. The Kier molecular flexibility index (Phi) is 12.3. The number of alkyl carbamates (subject to hydrolysis) is 1. The number of ether oxygens (including phenoxy) is 1. The van der Waals surface area contributed by atoms with Gasteiger partial charge in [0.25, 0.3) is 0 Å². The van der Waals surface area contributed by atoms with Crippen LogP contribution in [0.5, 0.6) is 0 Å². The van der Waals surface area contributed by atoms with Crippen LogP contribution in [0.2, 0.25) is 5.02 Å². The van der Waals surface area contributed by atoms with E-state index in [4.69, 9.17) is 27.8 Å². The number of likely N-dealkylation sites (tertiary alicyclic amines) is 1. The zero-order valence-electron chi connectivity index (χ0n) is 21.6. The van der Waals surface area contributed by atoms with E-state index >= 15 is 0 Å². The Labute approximate surface area is 226 Å². The van der Waals surface area contributed by atoms with E-state index in [2.05, 4.69) is 15.6 Å². The Morgan fingerprint density at radius 1 is 1.18 bits per heavy atom. The number of carbonyl (C=O) groups is 4. The van der Waals surface area contributed by atoms with Crippen LogP contribution in [-0.4, -0.2) is 72.4 Å². The summed E-state index contributed by atoms with van der Waals surface area (Å²) in [6.07, 6.45) is 0.637. The highest BCUT2D eigenvalue weighted by Crippen LogP contribution is 2.21. The van der Waals surface area contributed by atoms with Crippen LogP contribution in [0.25, 0.3) is 0 Å². The maximum atomic E-state index is 13.4. The standard InChI is InChI=1S/C25H36ClFN6O5/c1-15(2)21(32-25(37)38-14-16-7-9-17(26)10-8-16)23(36)33-12-4-6-19(33)22(35)31-18(20(34)13-27)5-3-11-30-24(28)29/h7-10,15,18-19,21H,3-6,11-14H2,1-2H3,(H,31,35)(H,32,37)(H4,28,29,30)/t18-,19-,21-/m0/s1. The number of rotatable bonds is 13. The van der Waals surface area contributed by atoms with Crippen molar-refractivity contribution >= 4 is 41.3 Å². The van der Waals surface area contributed by atoms with Crippen LogP contribution in [0.1, 0.15) is 45.1 Å². The lowest BCUT2D eigenvalue weighted by molar-refractivity contribution is -0.141. The molecule has 210 valence electrons. The second-order valence-electron chi connectivity index (χ2n) is 9.37. The molecule has 0 radical (unpaired) electrons. The Morgan fingerprint density at radius 3 is 2.47 bits per heavy atom. The van der Waals surface area contributed by atoms with Crippen molar-refractivity contribution in [1.29, 1.82) is 0 Å². The lowest BCUT2D eigenvalue weighted by Gasteiger charge is -2.31. The van der Waals surface area contributed by atoms with Crippen molar-refractivity contribution < 1.29 is 28.3 Å². The highest BCUT2D eigenvalue weighted by Gasteiger charge is 2.39. The minimum Gasteiger partial charge on any atom is -0.445 e. The van der Waals surface area contributed by atoms with Crippen molar-refractivity contribution in [3.63, 3.8) is 0 Å². The first-order valence-electron chi connectivity index (χ1n) is 12.5. The zero-order chi connectivity index (χ0) is 28.2. The van der Waals surface area contributed by atoms with Crippen LogP contribution >= 0.6 is 11.6 Å². The van der Waals surface area contributed by atoms with Crippen molar-refractivity contribution in [2.24, 2.45) is 22.4 Å². The monoisotopic (exact) mass is 554 g/mol. The third-order valence-corrected chi connectivity index (χ3v) is 6.36. The topological polar surface area (TPSA) is 169 Å². The summed E-state index contributed by atoms with van der Waals surface area (Å²) in [5.74, 6) is -2.18. The van der Waals surface area contributed by atoms with Gasteiger partial charge in [0.1, 0.15) is 25.4 Å². The third-order valence-electron chi connectivity index (χ3n) is 6.11. The molecule has 0 saturated carbocycles. The summed E-state index contributed by atoms with van der Waals surface area (Å²) in [5.41, 5.74) is 11.3. The van der Waals surface area contributed by atoms with Crippen molar-refractivity contribution in [1.82, 2.24) is 15.5 Å². The number of Topliss-reactive ketones (excluding diaryl/α,β-unsaturated/α-hetero) is 1. The Morgan fingerprint density at radius 2 is 1.87 bits per heavy atom. The minimum atomic E-state index is -1.24. The zero-order valence-corrected chi connectivity index (χ0v) is 22.4. The molecule has 6 N–H and O–H groups in total. The number of nitrogens with one attached hydrogen (secondary N) is 2. The van der Waals surface area contributed by atoms with Crippen molar-refractivity contribution in [2.45, 2.75) is 64.3 Å².